The molecule has 9 heteroatoms. The standard InChI is InChI=1S/C22H23ClN6O2/c23-16-4-1-3-15(13-16)17-14-25-29-10-6-18(26-20(17)29)21(30)28-9-2-5-19(28)22(31)27-11-7-24-8-12-27/h1,3-4,6,10,13-14,19,24H,2,5,7-9,11-12H2/t19-/m0/s1. The smallest absolute Gasteiger partial charge is 0.273 e. The van der Waals surface area contributed by atoms with Crippen LogP contribution in [0, 0.1) is 0 Å². The summed E-state index contributed by atoms with van der Waals surface area (Å²) in [6, 6.07) is 8.70. The van der Waals surface area contributed by atoms with Crippen molar-refractivity contribution in [3.05, 3.63) is 53.4 Å². The fourth-order valence-electron chi connectivity index (χ4n) is 4.36. The van der Waals surface area contributed by atoms with Crippen molar-refractivity contribution in [3.8, 4) is 11.1 Å². The van der Waals surface area contributed by atoms with Crippen LogP contribution in [0.1, 0.15) is 23.3 Å². The fourth-order valence-corrected chi connectivity index (χ4v) is 4.55. The van der Waals surface area contributed by atoms with Crippen molar-refractivity contribution in [2.45, 2.75) is 18.9 Å². The van der Waals surface area contributed by atoms with Crippen molar-refractivity contribution in [1.29, 1.82) is 0 Å². The van der Waals surface area contributed by atoms with Crippen LogP contribution in [0.5, 0.6) is 0 Å². The highest BCUT2D eigenvalue weighted by Gasteiger charge is 2.37. The number of piperazine rings is 1. The molecule has 2 aliphatic rings. The van der Waals surface area contributed by atoms with Gasteiger partial charge in [-0.25, -0.2) is 9.50 Å². The second-order valence-corrected chi connectivity index (χ2v) is 8.32. The Labute approximate surface area is 184 Å². The molecule has 8 nitrogen and oxygen atoms in total. The third-order valence-electron chi connectivity index (χ3n) is 5.95. The fraction of sp³-hybridized carbons (Fsp3) is 0.364. The first-order chi connectivity index (χ1) is 15.1. The van der Waals surface area contributed by atoms with E-state index in [1.54, 1.807) is 27.9 Å². The zero-order valence-electron chi connectivity index (χ0n) is 17.0. The lowest BCUT2D eigenvalue weighted by Crippen LogP contribution is -2.53. The van der Waals surface area contributed by atoms with Crippen LogP contribution in [0.15, 0.2) is 42.7 Å². The minimum absolute atomic E-state index is 0.0393. The van der Waals surface area contributed by atoms with Crippen molar-refractivity contribution in [2.24, 2.45) is 0 Å². The molecule has 5 rings (SSSR count). The minimum atomic E-state index is -0.416. The van der Waals surface area contributed by atoms with Crippen LogP contribution < -0.4 is 5.32 Å². The summed E-state index contributed by atoms with van der Waals surface area (Å²) < 4.78 is 1.64. The largest absolute Gasteiger partial charge is 0.338 e. The lowest BCUT2D eigenvalue weighted by Gasteiger charge is -2.32. The van der Waals surface area contributed by atoms with E-state index in [4.69, 9.17) is 11.6 Å². The van der Waals surface area contributed by atoms with Gasteiger partial charge in [0.15, 0.2) is 5.65 Å². The molecule has 0 unspecified atom stereocenters. The average Bonchev–Trinajstić information content (AvgIpc) is 3.45. The van der Waals surface area contributed by atoms with Gasteiger partial charge < -0.3 is 15.1 Å². The molecule has 0 saturated carbocycles. The first kappa shape index (κ1) is 20.0. The van der Waals surface area contributed by atoms with Crippen LogP contribution in [0.25, 0.3) is 16.8 Å². The van der Waals surface area contributed by atoms with Crippen LogP contribution in [0.2, 0.25) is 5.02 Å². The molecule has 2 aromatic heterocycles. The maximum atomic E-state index is 13.3. The van der Waals surface area contributed by atoms with Crippen LogP contribution in [-0.2, 0) is 4.79 Å². The Hall–Kier alpha value is -2.97. The third-order valence-corrected chi connectivity index (χ3v) is 6.19. The highest BCUT2D eigenvalue weighted by molar-refractivity contribution is 6.30. The van der Waals surface area contributed by atoms with Gasteiger partial charge in [0, 0.05) is 49.5 Å². The average molecular weight is 439 g/mol. The first-order valence-corrected chi connectivity index (χ1v) is 10.9. The number of nitrogens with zero attached hydrogens (tertiary/aromatic N) is 5. The van der Waals surface area contributed by atoms with Crippen molar-refractivity contribution in [3.63, 3.8) is 0 Å². The summed E-state index contributed by atoms with van der Waals surface area (Å²) >= 11 is 6.14. The molecule has 1 aromatic carbocycles. The lowest BCUT2D eigenvalue weighted by molar-refractivity contribution is -0.135. The number of amides is 2. The topological polar surface area (TPSA) is 82.8 Å². The third kappa shape index (κ3) is 3.77. The summed E-state index contributed by atoms with van der Waals surface area (Å²) in [7, 11) is 0. The van der Waals surface area contributed by atoms with Crippen LogP contribution in [-0.4, -0.2) is 75.0 Å². The molecule has 4 heterocycles. The van der Waals surface area contributed by atoms with Gasteiger partial charge in [-0.3, -0.25) is 9.59 Å². The zero-order chi connectivity index (χ0) is 21.4. The Morgan fingerprint density at radius 3 is 2.77 bits per heavy atom. The minimum Gasteiger partial charge on any atom is -0.338 e. The van der Waals surface area contributed by atoms with E-state index in [-0.39, 0.29) is 11.8 Å². The maximum absolute atomic E-state index is 13.3. The summed E-state index contributed by atoms with van der Waals surface area (Å²) in [6.07, 6.45) is 4.95. The van der Waals surface area contributed by atoms with Gasteiger partial charge in [0.1, 0.15) is 11.7 Å². The number of aromatic nitrogens is 3. The van der Waals surface area contributed by atoms with Crippen molar-refractivity contribution in [1.82, 2.24) is 29.7 Å². The molecule has 0 aliphatic carbocycles. The van der Waals surface area contributed by atoms with Gasteiger partial charge in [-0.05, 0) is 36.6 Å². The Kier molecular flexibility index (Phi) is 5.33. The quantitative estimate of drug-likeness (QED) is 0.677. The van der Waals surface area contributed by atoms with Gasteiger partial charge in [0.05, 0.1) is 6.20 Å². The van der Waals surface area contributed by atoms with E-state index in [2.05, 4.69) is 15.4 Å². The highest BCUT2D eigenvalue weighted by Crippen LogP contribution is 2.27. The molecule has 2 amide bonds. The van der Waals surface area contributed by atoms with Gasteiger partial charge in [0.2, 0.25) is 5.91 Å². The molecule has 31 heavy (non-hydrogen) atoms. The second-order valence-electron chi connectivity index (χ2n) is 7.88. The van der Waals surface area contributed by atoms with E-state index in [9.17, 15) is 9.59 Å². The van der Waals surface area contributed by atoms with E-state index >= 15 is 0 Å². The summed E-state index contributed by atoms with van der Waals surface area (Å²) in [5, 5.41) is 8.22. The Morgan fingerprint density at radius 1 is 1.13 bits per heavy atom. The number of halogens is 1. The van der Waals surface area contributed by atoms with Gasteiger partial charge in [0.25, 0.3) is 5.91 Å². The SMILES string of the molecule is O=C([C@@H]1CCCN1C(=O)c1ccn2ncc(-c3cccc(Cl)c3)c2n1)N1CCNCC1. The van der Waals surface area contributed by atoms with Crippen molar-refractivity contribution >= 4 is 29.1 Å². The second kappa shape index (κ2) is 8.28. The molecule has 3 aromatic rings. The number of carbonyl (C=O) groups excluding carboxylic acids is 2. The zero-order valence-corrected chi connectivity index (χ0v) is 17.8. The van der Waals surface area contributed by atoms with Crippen molar-refractivity contribution in [2.75, 3.05) is 32.7 Å². The number of hydrogen-bond acceptors (Lipinski definition) is 5. The number of rotatable bonds is 3. The maximum Gasteiger partial charge on any atom is 0.273 e. The number of likely N-dealkylation sites (tertiary alicyclic amines) is 1. The molecule has 0 bridgehead atoms. The van der Waals surface area contributed by atoms with Gasteiger partial charge >= 0.3 is 0 Å². The van der Waals surface area contributed by atoms with Crippen LogP contribution in [0.4, 0.5) is 0 Å². The van der Waals surface area contributed by atoms with Crippen LogP contribution >= 0.6 is 11.6 Å². The molecule has 1 N–H and O–H groups in total. The van der Waals surface area contributed by atoms with Crippen LogP contribution in [0.3, 0.4) is 0 Å². The van der Waals surface area contributed by atoms with Crippen molar-refractivity contribution < 1.29 is 9.59 Å². The predicted octanol–water partition coefficient (Wildman–Crippen LogP) is 2.09. The molecule has 1 atom stereocenters. The first-order valence-electron chi connectivity index (χ1n) is 10.5. The molecule has 2 fully saturated rings. The Morgan fingerprint density at radius 2 is 1.97 bits per heavy atom. The van der Waals surface area contributed by atoms with E-state index < -0.39 is 6.04 Å². The van der Waals surface area contributed by atoms with E-state index in [1.807, 2.05) is 29.2 Å². The molecule has 2 aliphatic heterocycles. The number of hydrogen-bond donors (Lipinski definition) is 1. The number of benzene rings is 1. The van der Waals surface area contributed by atoms with Gasteiger partial charge in [-0.1, -0.05) is 23.7 Å². The Bertz CT molecular complexity index is 1140. The molecular weight excluding hydrogens is 416 g/mol. The van der Waals surface area contributed by atoms with E-state index in [1.165, 1.54) is 0 Å². The highest BCUT2D eigenvalue weighted by atomic mass is 35.5. The normalized spacial score (nSPS) is 19.2. The molecule has 0 spiro atoms. The molecular formula is C22H23ClN6O2. The molecule has 0 radical (unpaired) electrons. The van der Waals surface area contributed by atoms with Gasteiger partial charge in [-0.2, -0.15) is 5.10 Å². The summed E-state index contributed by atoms with van der Waals surface area (Å²) in [6.45, 7) is 3.51. The monoisotopic (exact) mass is 438 g/mol. The molecule has 160 valence electrons. The summed E-state index contributed by atoms with van der Waals surface area (Å²) in [4.78, 5) is 34.5. The van der Waals surface area contributed by atoms with E-state index in [0.717, 1.165) is 30.6 Å². The van der Waals surface area contributed by atoms with E-state index in [0.29, 0.717) is 42.4 Å². The number of fused-ring (bicyclic) bond motifs is 1. The summed E-state index contributed by atoms with van der Waals surface area (Å²) in [5.41, 5.74) is 2.58. The number of carbonyl (C=O) groups is 2. The predicted molar refractivity (Wildman–Crippen MR) is 117 cm³/mol. The number of nitrogens with one attached hydrogen (secondary N) is 1. The Balaban J connectivity index is 1.44. The summed E-state index contributed by atoms with van der Waals surface area (Å²) in [5.74, 6) is -0.177. The molecule has 2 saturated heterocycles. The van der Waals surface area contributed by atoms with Gasteiger partial charge in [-0.15, -0.1) is 0 Å². The lowest BCUT2D eigenvalue weighted by atomic mass is 10.1.